The first kappa shape index (κ1) is 19.5. The van der Waals surface area contributed by atoms with Crippen LogP contribution in [0.3, 0.4) is 0 Å². The molecule has 1 aromatic carbocycles. The Hall–Kier alpha value is -0.860. The lowest BCUT2D eigenvalue weighted by molar-refractivity contribution is 0.229. The third kappa shape index (κ3) is 4.61. The van der Waals surface area contributed by atoms with Crippen molar-refractivity contribution in [3.05, 3.63) is 24.3 Å². The van der Waals surface area contributed by atoms with Crippen molar-refractivity contribution in [1.82, 2.24) is 4.90 Å². The Morgan fingerprint density at radius 2 is 1.88 bits per heavy atom. The van der Waals surface area contributed by atoms with E-state index in [0.717, 1.165) is 32.0 Å². The molecule has 1 heterocycles. The van der Waals surface area contributed by atoms with Gasteiger partial charge in [-0.2, -0.15) is 0 Å². The molecular formula is C16H26ClN3O3S. The molecule has 0 radical (unpaired) electrons. The van der Waals surface area contributed by atoms with Crippen LogP contribution in [0.2, 0.25) is 0 Å². The van der Waals surface area contributed by atoms with Crippen LogP contribution in [0.5, 0.6) is 5.75 Å². The molecular weight excluding hydrogens is 350 g/mol. The molecule has 8 heteroatoms. The van der Waals surface area contributed by atoms with Crippen molar-refractivity contribution < 1.29 is 13.2 Å². The number of nitrogens with zero attached hydrogens (tertiary/aromatic N) is 1. The predicted octanol–water partition coefficient (Wildman–Crippen LogP) is 1.19. The van der Waals surface area contributed by atoms with Crippen LogP contribution < -0.4 is 15.6 Å². The number of halogens is 1. The summed E-state index contributed by atoms with van der Waals surface area (Å²) in [6.45, 7) is 3.64. The molecule has 24 heavy (non-hydrogen) atoms. The van der Waals surface area contributed by atoms with E-state index in [2.05, 4.69) is 4.90 Å². The summed E-state index contributed by atoms with van der Waals surface area (Å²) in [6, 6.07) is 6.56. The van der Waals surface area contributed by atoms with Crippen LogP contribution in [0.25, 0.3) is 0 Å². The molecule has 2 aliphatic rings. The molecule has 0 amide bonds. The lowest BCUT2D eigenvalue weighted by Gasteiger charge is -2.29. The summed E-state index contributed by atoms with van der Waals surface area (Å²) in [5.74, 6) is 2.04. The van der Waals surface area contributed by atoms with Crippen LogP contribution in [0, 0.1) is 11.8 Å². The minimum absolute atomic E-state index is 0. The summed E-state index contributed by atoms with van der Waals surface area (Å²) in [4.78, 5) is 2.53. The second-order valence-corrected chi connectivity index (χ2v) is 8.20. The molecule has 1 saturated heterocycles. The highest BCUT2D eigenvalue weighted by Gasteiger charge is 2.38. The van der Waals surface area contributed by atoms with Gasteiger partial charge < -0.3 is 10.5 Å². The predicted molar refractivity (Wildman–Crippen MR) is 95.8 cm³/mol. The summed E-state index contributed by atoms with van der Waals surface area (Å²) in [5.41, 5.74) is 6.23. The molecule has 1 aliphatic heterocycles. The van der Waals surface area contributed by atoms with Gasteiger partial charge >= 0.3 is 0 Å². The number of hydrogen-bond acceptors (Lipinski definition) is 5. The largest absolute Gasteiger partial charge is 0.492 e. The van der Waals surface area contributed by atoms with Gasteiger partial charge in [-0.3, -0.25) is 4.90 Å². The summed E-state index contributed by atoms with van der Waals surface area (Å²) in [6.07, 6.45) is 3.70. The topological polar surface area (TPSA) is 98.6 Å². The fourth-order valence-corrected chi connectivity index (χ4v) is 4.33. The zero-order chi connectivity index (χ0) is 16.4. The van der Waals surface area contributed by atoms with E-state index in [-0.39, 0.29) is 17.3 Å². The zero-order valence-corrected chi connectivity index (χ0v) is 15.3. The van der Waals surface area contributed by atoms with Crippen molar-refractivity contribution in [3.8, 4) is 5.75 Å². The van der Waals surface area contributed by atoms with Crippen LogP contribution >= 0.6 is 12.4 Å². The monoisotopic (exact) mass is 375 g/mol. The van der Waals surface area contributed by atoms with Crippen LogP contribution in [0.1, 0.15) is 19.3 Å². The van der Waals surface area contributed by atoms with E-state index in [4.69, 9.17) is 15.6 Å². The van der Waals surface area contributed by atoms with Crippen LogP contribution in [-0.4, -0.2) is 45.6 Å². The number of ether oxygens (including phenoxy) is 1. The van der Waals surface area contributed by atoms with E-state index in [0.29, 0.717) is 24.3 Å². The van der Waals surface area contributed by atoms with Gasteiger partial charge in [0.2, 0.25) is 10.0 Å². The Kier molecular flexibility index (Phi) is 6.50. The molecule has 3 unspecified atom stereocenters. The van der Waals surface area contributed by atoms with Crippen molar-refractivity contribution >= 4 is 22.4 Å². The number of primary sulfonamides is 1. The molecule has 6 nitrogen and oxygen atoms in total. The van der Waals surface area contributed by atoms with E-state index in [9.17, 15) is 8.42 Å². The minimum atomic E-state index is -3.65. The first-order valence-corrected chi connectivity index (χ1v) is 9.72. The molecule has 0 spiro atoms. The summed E-state index contributed by atoms with van der Waals surface area (Å²) in [7, 11) is -3.65. The van der Waals surface area contributed by atoms with Gasteiger partial charge in [0, 0.05) is 25.7 Å². The number of likely N-dealkylation sites (tertiary alicyclic amines) is 1. The van der Waals surface area contributed by atoms with E-state index in [1.54, 1.807) is 12.1 Å². The van der Waals surface area contributed by atoms with E-state index >= 15 is 0 Å². The molecule has 1 saturated carbocycles. The molecule has 1 aromatic rings. The number of fused-ring (bicyclic) bond motifs is 1. The van der Waals surface area contributed by atoms with Gasteiger partial charge in [-0.1, -0.05) is 6.42 Å². The van der Waals surface area contributed by atoms with Gasteiger partial charge in [0.05, 0.1) is 4.90 Å². The van der Waals surface area contributed by atoms with E-state index in [1.165, 1.54) is 25.0 Å². The lowest BCUT2D eigenvalue weighted by Crippen LogP contribution is -2.38. The molecule has 1 aliphatic carbocycles. The molecule has 0 aromatic heterocycles. The summed E-state index contributed by atoms with van der Waals surface area (Å²) >= 11 is 0. The number of rotatable bonds is 5. The molecule has 0 bridgehead atoms. The normalized spacial score (nSPS) is 27.3. The maximum absolute atomic E-state index is 11.2. The number of nitrogens with two attached hydrogens (primary N) is 2. The van der Waals surface area contributed by atoms with Crippen molar-refractivity contribution in [3.63, 3.8) is 0 Å². The van der Waals surface area contributed by atoms with Gasteiger partial charge in [-0.25, -0.2) is 13.6 Å². The maximum atomic E-state index is 11.2. The lowest BCUT2D eigenvalue weighted by atomic mass is 9.78. The Morgan fingerprint density at radius 3 is 2.50 bits per heavy atom. The molecule has 3 rings (SSSR count). The van der Waals surface area contributed by atoms with Gasteiger partial charge in [0.25, 0.3) is 0 Å². The van der Waals surface area contributed by atoms with Crippen LogP contribution in [-0.2, 0) is 10.0 Å². The molecule has 4 N–H and O–H groups in total. The zero-order valence-electron chi connectivity index (χ0n) is 13.6. The van der Waals surface area contributed by atoms with Crippen molar-refractivity contribution in [1.29, 1.82) is 0 Å². The minimum Gasteiger partial charge on any atom is -0.492 e. The fourth-order valence-electron chi connectivity index (χ4n) is 3.81. The number of benzene rings is 1. The molecule has 2 fully saturated rings. The standard InChI is InChI=1S/C16H25N3O3S.ClH/c17-16-3-1-2-12-10-19(11-15(12)16)8-9-22-13-4-6-14(7-5-13)23(18,20)21;/h4-7,12,15-16H,1-3,8-11,17H2,(H2,18,20,21);1H. The highest BCUT2D eigenvalue weighted by Crippen LogP contribution is 2.35. The SMILES string of the molecule is Cl.NC1CCCC2CN(CCOc3ccc(S(N)(=O)=O)cc3)CC12. The Labute approximate surface area is 150 Å². The van der Waals surface area contributed by atoms with Gasteiger partial charge in [0.1, 0.15) is 12.4 Å². The second-order valence-electron chi connectivity index (χ2n) is 6.64. The van der Waals surface area contributed by atoms with Crippen molar-refractivity contribution in [2.75, 3.05) is 26.2 Å². The third-order valence-electron chi connectivity index (χ3n) is 5.06. The van der Waals surface area contributed by atoms with E-state index < -0.39 is 10.0 Å². The van der Waals surface area contributed by atoms with Crippen LogP contribution in [0.15, 0.2) is 29.2 Å². The quantitative estimate of drug-likeness (QED) is 0.805. The summed E-state index contributed by atoms with van der Waals surface area (Å²) < 4.78 is 28.1. The highest BCUT2D eigenvalue weighted by atomic mass is 35.5. The van der Waals surface area contributed by atoms with Crippen molar-refractivity contribution in [2.24, 2.45) is 22.7 Å². The Morgan fingerprint density at radius 1 is 1.17 bits per heavy atom. The fraction of sp³-hybridized carbons (Fsp3) is 0.625. The first-order chi connectivity index (χ1) is 10.9. The summed E-state index contributed by atoms with van der Waals surface area (Å²) in [5, 5.41) is 5.07. The van der Waals surface area contributed by atoms with Gasteiger partial charge in [0.15, 0.2) is 0 Å². The smallest absolute Gasteiger partial charge is 0.238 e. The molecule has 136 valence electrons. The number of hydrogen-bond donors (Lipinski definition) is 2. The number of sulfonamides is 1. The van der Waals surface area contributed by atoms with Gasteiger partial charge in [-0.15, -0.1) is 12.4 Å². The first-order valence-electron chi connectivity index (χ1n) is 8.17. The third-order valence-corrected chi connectivity index (χ3v) is 5.99. The van der Waals surface area contributed by atoms with Gasteiger partial charge in [-0.05, 0) is 48.9 Å². The van der Waals surface area contributed by atoms with Crippen molar-refractivity contribution in [2.45, 2.75) is 30.2 Å². The van der Waals surface area contributed by atoms with E-state index in [1.807, 2.05) is 0 Å². The second kappa shape index (κ2) is 8.01. The average molecular weight is 376 g/mol. The maximum Gasteiger partial charge on any atom is 0.238 e. The van der Waals surface area contributed by atoms with Crippen LogP contribution in [0.4, 0.5) is 0 Å². The average Bonchev–Trinajstić information content (AvgIpc) is 2.91. The Balaban J connectivity index is 0.00000208. The molecule has 3 atom stereocenters. The Bertz CT molecular complexity index is 638. The highest BCUT2D eigenvalue weighted by molar-refractivity contribution is 7.89.